The van der Waals surface area contributed by atoms with Crippen molar-refractivity contribution in [1.82, 2.24) is 4.90 Å². The molecule has 1 aliphatic heterocycles. The van der Waals surface area contributed by atoms with Gasteiger partial charge in [0, 0.05) is 13.0 Å². The zero-order valence-corrected chi connectivity index (χ0v) is 11.2. The number of rotatable bonds is 5. The first-order valence-electron chi connectivity index (χ1n) is 6.29. The largest absolute Gasteiger partial charge is 0.394 e. The van der Waals surface area contributed by atoms with Crippen LogP contribution in [0.25, 0.3) is 0 Å². The number of hydrogen-bond acceptors (Lipinski definition) is 3. The fourth-order valence-electron chi connectivity index (χ4n) is 2.44. The van der Waals surface area contributed by atoms with Gasteiger partial charge in [0.15, 0.2) is 0 Å². The van der Waals surface area contributed by atoms with Crippen molar-refractivity contribution in [3.63, 3.8) is 0 Å². The lowest BCUT2D eigenvalue weighted by Crippen LogP contribution is -2.40. The second kappa shape index (κ2) is 6.25. The molecule has 1 unspecified atom stereocenters. The molecule has 1 aromatic carbocycles. The summed E-state index contributed by atoms with van der Waals surface area (Å²) in [5, 5.41) is 9.51. The lowest BCUT2D eigenvalue weighted by atomic mass is 10.1. The minimum absolute atomic E-state index is 0.0138. The van der Waals surface area contributed by atoms with Gasteiger partial charge in [0.1, 0.15) is 0 Å². The third-order valence-corrected chi connectivity index (χ3v) is 3.98. The van der Waals surface area contributed by atoms with Crippen molar-refractivity contribution >= 4 is 18.5 Å². The fourth-order valence-corrected chi connectivity index (χ4v) is 2.69. The number of carbonyl (C=O) groups excluding carboxylic acids is 1. The van der Waals surface area contributed by atoms with E-state index in [4.69, 9.17) is 0 Å². The third kappa shape index (κ3) is 3.06. The minimum atomic E-state index is -0.107. The first kappa shape index (κ1) is 13.4. The van der Waals surface area contributed by atoms with Crippen molar-refractivity contribution in [2.75, 3.05) is 18.9 Å². The van der Waals surface area contributed by atoms with Gasteiger partial charge in [-0.15, -0.1) is 0 Å². The Balaban J connectivity index is 2.03. The van der Waals surface area contributed by atoms with Crippen molar-refractivity contribution in [2.24, 2.45) is 5.92 Å². The Morgan fingerprint density at radius 2 is 2.11 bits per heavy atom. The van der Waals surface area contributed by atoms with Gasteiger partial charge in [-0.1, -0.05) is 30.3 Å². The molecule has 1 heterocycles. The number of carbonyl (C=O) groups is 1. The number of likely N-dealkylation sites (tertiary alicyclic amines) is 1. The van der Waals surface area contributed by atoms with Gasteiger partial charge in [0.25, 0.3) is 0 Å². The maximum absolute atomic E-state index is 11.9. The standard InChI is InChI=1S/C14H19NO2S/c16-9-13(6-11-4-2-1-3-5-11)15-8-12(10-18)7-14(15)17/h1-5,12-13,16,18H,6-10H2/t12?,13-/m0/s1. The Bertz CT molecular complexity index is 396. The van der Waals surface area contributed by atoms with E-state index in [1.165, 1.54) is 0 Å². The monoisotopic (exact) mass is 265 g/mol. The first-order chi connectivity index (χ1) is 8.74. The molecule has 0 aromatic heterocycles. The molecule has 18 heavy (non-hydrogen) atoms. The van der Waals surface area contributed by atoms with Gasteiger partial charge in [-0.25, -0.2) is 0 Å². The van der Waals surface area contributed by atoms with E-state index in [1.54, 1.807) is 0 Å². The molecule has 98 valence electrons. The molecule has 1 saturated heterocycles. The molecule has 4 heteroatoms. The van der Waals surface area contributed by atoms with Gasteiger partial charge in [-0.2, -0.15) is 12.6 Å². The SMILES string of the molecule is O=C1CC(CS)CN1[C@H](CO)Cc1ccccc1. The molecule has 0 bridgehead atoms. The molecule has 1 aliphatic rings. The second-order valence-electron chi connectivity index (χ2n) is 4.82. The zero-order valence-electron chi connectivity index (χ0n) is 10.3. The van der Waals surface area contributed by atoms with Crippen LogP contribution in [-0.2, 0) is 11.2 Å². The molecule has 0 radical (unpaired) electrons. The number of aliphatic hydroxyl groups excluding tert-OH is 1. The molecule has 1 N–H and O–H groups in total. The number of benzene rings is 1. The van der Waals surface area contributed by atoms with Gasteiger partial charge < -0.3 is 10.0 Å². The molecule has 2 atom stereocenters. The highest BCUT2D eigenvalue weighted by molar-refractivity contribution is 7.80. The number of amides is 1. The quantitative estimate of drug-likeness (QED) is 0.789. The van der Waals surface area contributed by atoms with E-state index in [9.17, 15) is 9.90 Å². The molecular weight excluding hydrogens is 246 g/mol. The summed E-state index contributed by atoms with van der Waals surface area (Å²) in [5.74, 6) is 1.20. The highest BCUT2D eigenvalue weighted by atomic mass is 32.1. The average Bonchev–Trinajstić information content (AvgIpc) is 2.78. The summed E-state index contributed by atoms with van der Waals surface area (Å²) in [6.45, 7) is 0.736. The summed E-state index contributed by atoms with van der Waals surface area (Å²) in [4.78, 5) is 13.7. The van der Waals surface area contributed by atoms with Crippen molar-refractivity contribution in [3.8, 4) is 0 Å². The number of thiol groups is 1. The molecule has 0 saturated carbocycles. The van der Waals surface area contributed by atoms with Crippen molar-refractivity contribution < 1.29 is 9.90 Å². The predicted molar refractivity (Wildman–Crippen MR) is 74.7 cm³/mol. The van der Waals surface area contributed by atoms with Crippen LogP contribution in [0.5, 0.6) is 0 Å². The normalized spacial score (nSPS) is 21.3. The Hall–Kier alpha value is -1.00. The van der Waals surface area contributed by atoms with Crippen LogP contribution in [0.4, 0.5) is 0 Å². The Morgan fingerprint density at radius 1 is 1.39 bits per heavy atom. The molecule has 0 spiro atoms. The van der Waals surface area contributed by atoms with E-state index >= 15 is 0 Å². The Labute approximate surface area is 113 Å². The van der Waals surface area contributed by atoms with Crippen LogP contribution in [0.3, 0.4) is 0 Å². The number of hydrogen-bond donors (Lipinski definition) is 2. The molecule has 1 aromatic rings. The van der Waals surface area contributed by atoms with Crippen molar-refractivity contribution in [2.45, 2.75) is 18.9 Å². The van der Waals surface area contributed by atoms with Crippen LogP contribution in [0, 0.1) is 5.92 Å². The van der Waals surface area contributed by atoms with Crippen LogP contribution in [0.2, 0.25) is 0 Å². The summed E-state index contributed by atoms with van der Waals surface area (Å²) < 4.78 is 0. The lowest BCUT2D eigenvalue weighted by molar-refractivity contribution is -0.130. The first-order valence-corrected chi connectivity index (χ1v) is 6.93. The predicted octanol–water partition coefficient (Wildman–Crippen LogP) is 1.37. The van der Waals surface area contributed by atoms with Crippen molar-refractivity contribution in [3.05, 3.63) is 35.9 Å². The van der Waals surface area contributed by atoms with Crippen molar-refractivity contribution in [1.29, 1.82) is 0 Å². The zero-order chi connectivity index (χ0) is 13.0. The Kier molecular flexibility index (Phi) is 4.66. The highest BCUT2D eigenvalue weighted by Crippen LogP contribution is 2.22. The van der Waals surface area contributed by atoms with Crippen LogP contribution in [-0.4, -0.2) is 40.9 Å². The van der Waals surface area contributed by atoms with E-state index in [1.807, 2.05) is 35.2 Å². The van der Waals surface area contributed by atoms with Gasteiger partial charge in [-0.3, -0.25) is 4.79 Å². The third-order valence-electron chi connectivity index (χ3n) is 3.46. The smallest absolute Gasteiger partial charge is 0.223 e. The van der Waals surface area contributed by atoms with E-state index < -0.39 is 0 Å². The molecule has 0 aliphatic carbocycles. The molecule has 1 amide bonds. The van der Waals surface area contributed by atoms with Gasteiger partial charge in [0.2, 0.25) is 5.91 Å². The minimum Gasteiger partial charge on any atom is -0.394 e. The number of nitrogens with zero attached hydrogens (tertiary/aromatic N) is 1. The van der Waals surface area contributed by atoms with E-state index in [0.29, 0.717) is 18.8 Å². The van der Waals surface area contributed by atoms with E-state index in [0.717, 1.165) is 17.9 Å². The van der Waals surface area contributed by atoms with Crippen LogP contribution >= 0.6 is 12.6 Å². The summed E-state index contributed by atoms with van der Waals surface area (Å²) in [7, 11) is 0. The maximum atomic E-state index is 11.9. The van der Waals surface area contributed by atoms with Crippen LogP contribution in [0.15, 0.2) is 30.3 Å². The summed E-state index contributed by atoms with van der Waals surface area (Å²) in [6, 6.07) is 9.87. The average molecular weight is 265 g/mol. The fraction of sp³-hybridized carbons (Fsp3) is 0.500. The number of aliphatic hydroxyl groups is 1. The lowest BCUT2D eigenvalue weighted by Gasteiger charge is -2.26. The summed E-state index contributed by atoms with van der Waals surface area (Å²) in [6.07, 6.45) is 1.27. The Morgan fingerprint density at radius 3 is 2.67 bits per heavy atom. The van der Waals surface area contributed by atoms with E-state index in [2.05, 4.69) is 12.6 Å². The molecular formula is C14H19NO2S. The van der Waals surface area contributed by atoms with Crippen LogP contribution < -0.4 is 0 Å². The molecule has 3 nitrogen and oxygen atoms in total. The maximum Gasteiger partial charge on any atom is 0.223 e. The van der Waals surface area contributed by atoms with Gasteiger partial charge in [-0.05, 0) is 23.7 Å². The van der Waals surface area contributed by atoms with Gasteiger partial charge in [0.05, 0.1) is 12.6 Å². The topological polar surface area (TPSA) is 40.5 Å². The summed E-state index contributed by atoms with van der Waals surface area (Å²) in [5.41, 5.74) is 1.15. The summed E-state index contributed by atoms with van der Waals surface area (Å²) >= 11 is 4.25. The van der Waals surface area contributed by atoms with Gasteiger partial charge >= 0.3 is 0 Å². The van der Waals surface area contributed by atoms with E-state index in [-0.39, 0.29) is 18.6 Å². The molecule has 2 rings (SSSR count). The highest BCUT2D eigenvalue weighted by Gasteiger charge is 2.33. The molecule has 1 fully saturated rings. The second-order valence-corrected chi connectivity index (χ2v) is 5.19. The van der Waals surface area contributed by atoms with Crippen LogP contribution in [0.1, 0.15) is 12.0 Å².